The third-order valence-corrected chi connectivity index (χ3v) is 5.05. The van der Waals surface area contributed by atoms with Gasteiger partial charge in [0.1, 0.15) is 0 Å². The summed E-state index contributed by atoms with van der Waals surface area (Å²) >= 11 is 3.36. The number of benzene rings is 2. The third kappa shape index (κ3) is 3.84. The Morgan fingerprint density at radius 2 is 1.86 bits per heavy atom. The second kappa shape index (κ2) is 6.17. The smallest absolute Gasteiger partial charge is 0.262 e. The Morgan fingerprint density at radius 1 is 1.14 bits per heavy atom. The predicted octanol–water partition coefficient (Wildman–Crippen LogP) is 3.33. The number of hydrogen-bond acceptors (Lipinski definition) is 3. The first-order valence-electron chi connectivity index (χ1n) is 6.41. The van der Waals surface area contributed by atoms with Crippen LogP contribution < -0.4 is 10.5 Å². The lowest BCUT2D eigenvalue weighted by atomic mass is 10.1. The Kier molecular flexibility index (Phi) is 4.70. The first kappa shape index (κ1) is 16.0. The number of anilines is 1. The Balaban J connectivity index is 2.42. The van der Waals surface area contributed by atoms with E-state index in [-0.39, 0.29) is 4.90 Å². The molecule has 0 aliphatic carbocycles. The molecule has 0 amide bonds. The minimum atomic E-state index is -3.64. The normalized spacial score (nSPS) is 11.4. The van der Waals surface area contributed by atoms with Crippen LogP contribution in [0.25, 0.3) is 0 Å². The van der Waals surface area contributed by atoms with Crippen molar-refractivity contribution in [3.05, 3.63) is 57.6 Å². The van der Waals surface area contributed by atoms with E-state index in [9.17, 15) is 8.42 Å². The Morgan fingerprint density at radius 3 is 2.48 bits per heavy atom. The van der Waals surface area contributed by atoms with E-state index < -0.39 is 10.0 Å². The maximum atomic E-state index is 12.5. The monoisotopic (exact) mass is 368 g/mol. The molecular formula is C15H17BrN2O2S. The summed E-state index contributed by atoms with van der Waals surface area (Å²) in [5.41, 5.74) is 8.55. The zero-order valence-electron chi connectivity index (χ0n) is 11.9. The zero-order chi connectivity index (χ0) is 15.6. The quantitative estimate of drug-likeness (QED) is 0.869. The second-order valence-corrected chi connectivity index (χ2v) is 7.49. The van der Waals surface area contributed by atoms with Gasteiger partial charge in [0.2, 0.25) is 0 Å². The van der Waals surface area contributed by atoms with Gasteiger partial charge in [-0.25, -0.2) is 8.42 Å². The minimum Gasteiger partial charge on any atom is -0.326 e. The molecule has 0 fully saturated rings. The molecule has 2 aromatic carbocycles. The van der Waals surface area contributed by atoms with Gasteiger partial charge < -0.3 is 5.73 Å². The van der Waals surface area contributed by atoms with Crippen molar-refractivity contribution in [1.82, 2.24) is 0 Å². The van der Waals surface area contributed by atoms with Crippen molar-refractivity contribution >= 4 is 31.6 Å². The number of halogens is 1. The number of hydrogen-bond donors (Lipinski definition) is 2. The molecule has 0 bridgehead atoms. The van der Waals surface area contributed by atoms with Crippen LogP contribution in [0.15, 0.2) is 45.8 Å². The van der Waals surface area contributed by atoms with Gasteiger partial charge in [0, 0.05) is 11.0 Å². The van der Waals surface area contributed by atoms with Gasteiger partial charge in [-0.2, -0.15) is 0 Å². The van der Waals surface area contributed by atoms with Crippen molar-refractivity contribution in [1.29, 1.82) is 0 Å². The van der Waals surface area contributed by atoms with Gasteiger partial charge in [-0.05, 0) is 54.8 Å². The van der Waals surface area contributed by atoms with Crippen LogP contribution in [0.3, 0.4) is 0 Å². The standard InChI is InChI=1S/C15H17BrN2O2S/c1-10-5-13(16)8-14(6-10)18-21(19,20)15-7-12(9-17)4-3-11(15)2/h3-8,18H,9,17H2,1-2H3. The summed E-state index contributed by atoms with van der Waals surface area (Å²) < 4.78 is 28.5. The number of aryl methyl sites for hydroxylation is 2. The van der Waals surface area contributed by atoms with E-state index in [1.54, 1.807) is 31.2 Å². The summed E-state index contributed by atoms with van der Waals surface area (Å²) in [6, 6.07) is 10.6. The molecule has 0 saturated carbocycles. The van der Waals surface area contributed by atoms with Crippen molar-refractivity contribution in [2.75, 3.05) is 4.72 Å². The molecule has 6 heteroatoms. The van der Waals surface area contributed by atoms with Crippen molar-refractivity contribution in [3.63, 3.8) is 0 Å². The number of sulfonamides is 1. The molecule has 0 heterocycles. The van der Waals surface area contributed by atoms with Crippen molar-refractivity contribution in [3.8, 4) is 0 Å². The molecule has 21 heavy (non-hydrogen) atoms. The first-order valence-corrected chi connectivity index (χ1v) is 8.69. The Bertz CT molecular complexity index is 753. The minimum absolute atomic E-state index is 0.253. The lowest BCUT2D eigenvalue weighted by Crippen LogP contribution is -2.15. The lowest BCUT2D eigenvalue weighted by molar-refractivity contribution is 0.600. The van der Waals surface area contributed by atoms with E-state index in [0.717, 1.165) is 15.6 Å². The third-order valence-electron chi connectivity index (χ3n) is 3.07. The number of rotatable bonds is 4. The first-order chi connectivity index (χ1) is 9.81. The molecule has 0 aromatic heterocycles. The maximum Gasteiger partial charge on any atom is 0.262 e. The largest absolute Gasteiger partial charge is 0.326 e. The lowest BCUT2D eigenvalue weighted by Gasteiger charge is -2.12. The number of nitrogens with one attached hydrogen (secondary N) is 1. The molecule has 0 atom stereocenters. The summed E-state index contributed by atoms with van der Waals surface area (Å²) in [4.78, 5) is 0.253. The topological polar surface area (TPSA) is 72.2 Å². The molecule has 0 saturated heterocycles. The van der Waals surface area contributed by atoms with Crippen LogP contribution in [0, 0.1) is 13.8 Å². The summed E-state index contributed by atoms with van der Waals surface area (Å²) in [6.45, 7) is 3.97. The van der Waals surface area contributed by atoms with E-state index in [4.69, 9.17) is 5.73 Å². The molecule has 0 spiro atoms. The van der Waals surface area contributed by atoms with Gasteiger partial charge in [0.25, 0.3) is 10.0 Å². The summed E-state index contributed by atoms with van der Waals surface area (Å²) in [6.07, 6.45) is 0. The molecule has 3 N–H and O–H groups in total. The molecule has 0 aliphatic rings. The van der Waals surface area contributed by atoms with Gasteiger partial charge in [0.15, 0.2) is 0 Å². The summed E-state index contributed by atoms with van der Waals surface area (Å²) in [7, 11) is -3.64. The Hall–Kier alpha value is -1.37. The highest BCUT2D eigenvalue weighted by molar-refractivity contribution is 9.10. The van der Waals surface area contributed by atoms with Crippen molar-refractivity contribution in [2.24, 2.45) is 5.73 Å². The fourth-order valence-corrected chi connectivity index (χ4v) is 4.01. The van der Waals surface area contributed by atoms with Gasteiger partial charge in [-0.3, -0.25) is 4.72 Å². The highest BCUT2D eigenvalue weighted by atomic mass is 79.9. The number of nitrogens with two attached hydrogens (primary N) is 1. The average molecular weight is 369 g/mol. The summed E-state index contributed by atoms with van der Waals surface area (Å²) in [5.74, 6) is 0. The van der Waals surface area contributed by atoms with E-state index in [1.807, 2.05) is 19.1 Å². The molecule has 4 nitrogen and oxygen atoms in total. The molecule has 0 aliphatic heterocycles. The van der Waals surface area contributed by atoms with E-state index in [0.29, 0.717) is 17.8 Å². The van der Waals surface area contributed by atoms with Crippen LogP contribution in [-0.4, -0.2) is 8.42 Å². The zero-order valence-corrected chi connectivity index (χ0v) is 14.3. The van der Waals surface area contributed by atoms with Crippen LogP contribution >= 0.6 is 15.9 Å². The van der Waals surface area contributed by atoms with E-state index >= 15 is 0 Å². The van der Waals surface area contributed by atoms with E-state index in [2.05, 4.69) is 20.7 Å². The molecule has 0 unspecified atom stereocenters. The highest BCUT2D eigenvalue weighted by Gasteiger charge is 2.17. The Labute approximate surface area is 133 Å². The SMILES string of the molecule is Cc1cc(Br)cc(NS(=O)(=O)c2cc(CN)ccc2C)c1. The predicted molar refractivity (Wildman–Crippen MR) is 88.8 cm³/mol. The van der Waals surface area contributed by atoms with Crippen molar-refractivity contribution in [2.45, 2.75) is 25.3 Å². The summed E-state index contributed by atoms with van der Waals surface area (Å²) in [5, 5.41) is 0. The molecule has 112 valence electrons. The molecule has 2 aromatic rings. The molecule has 0 radical (unpaired) electrons. The fourth-order valence-electron chi connectivity index (χ4n) is 2.07. The van der Waals surface area contributed by atoms with Crippen LogP contribution in [0.1, 0.15) is 16.7 Å². The average Bonchev–Trinajstić information content (AvgIpc) is 2.37. The van der Waals surface area contributed by atoms with Crippen LogP contribution in [-0.2, 0) is 16.6 Å². The molecule has 2 rings (SSSR count). The highest BCUT2D eigenvalue weighted by Crippen LogP contribution is 2.24. The van der Waals surface area contributed by atoms with Crippen LogP contribution in [0.5, 0.6) is 0 Å². The van der Waals surface area contributed by atoms with Gasteiger partial charge in [-0.1, -0.05) is 28.1 Å². The maximum absolute atomic E-state index is 12.5. The van der Waals surface area contributed by atoms with Gasteiger partial charge in [-0.15, -0.1) is 0 Å². The van der Waals surface area contributed by atoms with E-state index in [1.165, 1.54) is 0 Å². The fraction of sp³-hybridized carbons (Fsp3) is 0.200. The second-order valence-electron chi connectivity index (χ2n) is 4.93. The van der Waals surface area contributed by atoms with Crippen LogP contribution in [0.4, 0.5) is 5.69 Å². The van der Waals surface area contributed by atoms with Gasteiger partial charge >= 0.3 is 0 Å². The molecular weight excluding hydrogens is 352 g/mol. The van der Waals surface area contributed by atoms with Crippen molar-refractivity contribution < 1.29 is 8.42 Å². The van der Waals surface area contributed by atoms with Gasteiger partial charge in [0.05, 0.1) is 10.6 Å². The van der Waals surface area contributed by atoms with Crippen LogP contribution in [0.2, 0.25) is 0 Å².